The van der Waals surface area contributed by atoms with E-state index in [1.54, 1.807) is 0 Å². The van der Waals surface area contributed by atoms with Gasteiger partial charge in [-0.3, -0.25) is 4.79 Å². The van der Waals surface area contributed by atoms with E-state index in [9.17, 15) is 4.79 Å². The quantitative estimate of drug-likeness (QED) is 0.268. The number of aryl methyl sites for hydroxylation is 4. The van der Waals surface area contributed by atoms with Crippen molar-refractivity contribution >= 4 is 39.0 Å². The standard InChI is InChI=1S/C32H30N4O/c1-5-22-9-6-10-26-25-14-13-24(17-27(25)34-30(22)26)33-29(37)18-28-31(23-12-11-19(2)21(4)16-23)35-32-20(3)8-7-15-36(28)32/h6-17,34H,5,18H2,1-4H3,(H,33,37). The van der Waals surface area contributed by atoms with Gasteiger partial charge in [0, 0.05) is 39.3 Å². The third-order valence-electron chi connectivity index (χ3n) is 7.44. The van der Waals surface area contributed by atoms with Gasteiger partial charge in [0.05, 0.1) is 17.8 Å². The van der Waals surface area contributed by atoms with E-state index in [1.807, 2.05) is 28.8 Å². The van der Waals surface area contributed by atoms with E-state index in [4.69, 9.17) is 4.98 Å². The van der Waals surface area contributed by atoms with Crippen molar-refractivity contribution in [3.63, 3.8) is 0 Å². The SMILES string of the molecule is CCc1cccc2c1[nH]c1cc(NC(=O)Cc3c(-c4ccc(C)c(C)c4)nc4c(C)cccn34)ccc12. The maximum absolute atomic E-state index is 13.4. The molecule has 0 aliphatic rings. The lowest BCUT2D eigenvalue weighted by Crippen LogP contribution is -2.16. The minimum absolute atomic E-state index is 0.0712. The predicted octanol–water partition coefficient (Wildman–Crippen LogP) is 7.30. The number of anilines is 1. The first-order valence-corrected chi connectivity index (χ1v) is 12.8. The van der Waals surface area contributed by atoms with Gasteiger partial charge < -0.3 is 14.7 Å². The number of pyridine rings is 1. The van der Waals surface area contributed by atoms with Gasteiger partial charge in [0.15, 0.2) is 0 Å². The van der Waals surface area contributed by atoms with Crippen molar-refractivity contribution in [1.82, 2.24) is 14.4 Å². The van der Waals surface area contributed by atoms with Crippen LogP contribution in [-0.2, 0) is 17.6 Å². The second-order valence-electron chi connectivity index (χ2n) is 9.89. The van der Waals surface area contributed by atoms with E-state index in [-0.39, 0.29) is 12.3 Å². The predicted molar refractivity (Wildman–Crippen MR) is 152 cm³/mol. The van der Waals surface area contributed by atoms with Crippen LogP contribution in [-0.4, -0.2) is 20.3 Å². The van der Waals surface area contributed by atoms with Gasteiger partial charge in [0.1, 0.15) is 5.65 Å². The Bertz CT molecular complexity index is 1820. The molecule has 1 amide bonds. The fourth-order valence-corrected chi connectivity index (χ4v) is 5.26. The number of carbonyl (C=O) groups excluding carboxylic acids is 1. The topological polar surface area (TPSA) is 62.2 Å². The van der Waals surface area contributed by atoms with Crippen LogP contribution in [0.15, 0.2) is 72.9 Å². The van der Waals surface area contributed by atoms with Crippen LogP contribution in [0.25, 0.3) is 38.7 Å². The van der Waals surface area contributed by atoms with Gasteiger partial charge in [0.25, 0.3) is 0 Å². The number of nitrogens with one attached hydrogen (secondary N) is 2. The highest BCUT2D eigenvalue weighted by molar-refractivity contribution is 6.09. The van der Waals surface area contributed by atoms with Gasteiger partial charge in [-0.15, -0.1) is 0 Å². The molecule has 0 aliphatic heterocycles. The van der Waals surface area contributed by atoms with E-state index in [1.165, 1.54) is 27.6 Å². The van der Waals surface area contributed by atoms with E-state index < -0.39 is 0 Å². The lowest BCUT2D eigenvalue weighted by molar-refractivity contribution is -0.115. The molecule has 0 atom stereocenters. The molecule has 0 radical (unpaired) electrons. The Balaban J connectivity index is 1.35. The average molecular weight is 487 g/mol. The molecule has 3 aromatic heterocycles. The number of aromatic nitrogens is 3. The number of fused-ring (bicyclic) bond motifs is 4. The lowest BCUT2D eigenvalue weighted by atomic mass is 10.0. The number of hydrogen-bond donors (Lipinski definition) is 2. The largest absolute Gasteiger partial charge is 0.354 e. The van der Waals surface area contributed by atoms with Gasteiger partial charge in [-0.2, -0.15) is 0 Å². The zero-order valence-electron chi connectivity index (χ0n) is 21.6. The Morgan fingerprint density at radius 3 is 2.59 bits per heavy atom. The molecule has 0 aliphatic carbocycles. The fourth-order valence-electron chi connectivity index (χ4n) is 5.26. The summed E-state index contributed by atoms with van der Waals surface area (Å²) < 4.78 is 2.05. The highest BCUT2D eigenvalue weighted by Crippen LogP contribution is 2.31. The summed E-state index contributed by atoms with van der Waals surface area (Å²) >= 11 is 0. The number of aromatic amines is 1. The number of para-hydroxylation sites is 1. The number of H-pyrrole nitrogens is 1. The summed E-state index contributed by atoms with van der Waals surface area (Å²) in [4.78, 5) is 21.9. The lowest BCUT2D eigenvalue weighted by Gasteiger charge is -2.09. The van der Waals surface area contributed by atoms with Crippen molar-refractivity contribution in [3.05, 3.63) is 101 Å². The Hall–Kier alpha value is -4.38. The summed E-state index contributed by atoms with van der Waals surface area (Å²) in [5.41, 5.74) is 11.4. The van der Waals surface area contributed by atoms with Crippen molar-refractivity contribution in [2.75, 3.05) is 5.32 Å². The van der Waals surface area contributed by atoms with Gasteiger partial charge in [-0.25, -0.2) is 4.98 Å². The first kappa shape index (κ1) is 23.0. The molecule has 5 nitrogen and oxygen atoms in total. The first-order valence-electron chi connectivity index (χ1n) is 12.8. The van der Waals surface area contributed by atoms with Gasteiger partial charge in [-0.05, 0) is 73.7 Å². The van der Waals surface area contributed by atoms with Crippen LogP contribution in [0.5, 0.6) is 0 Å². The van der Waals surface area contributed by atoms with E-state index in [2.05, 4.69) is 86.5 Å². The monoisotopic (exact) mass is 486 g/mol. The number of hydrogen-bond acceptors (Lipinski definition) is 2. The Morgan fingerprint density at radius 2 is 1.78 bits per heavy atom. The molecule has 6 rings (SSSR count). The molecule has 0 saturated carbocycles. The van der Waals surface area contributed by atoms with Crippen LogP contribution in [0.3, 0.4) is 0 Å². The summed E-state index contributed by atoms with van der Waals surface area (Å²) in [5.74, 6) is -0.0712. The summed E-state index contributed by atoms with van der Waals surface area (Å²) in [6.07, 6.45) is 3.18. The summed E-state index contributed by atoms with van der Waals surface area (Å²) in [6, 6.07) is 22.9. The minimum atomic E-state index is -0.0712. The summed E-state index contributed by atoms with van der Waals surface area (Å²) in [5, 5.41) is 5.50. The van der Waals surface area contributed by atoms with Crippen LogP contribution in [0.4, 0.5) is 5.69 Å². The second kappa shape index (κ2) is 8.93. The van der Waals surface area contributed by atoms with Crippen LogP contribution in [0.2, 0.25) is 0 Å². The molecule has 0 unspecified atom stereocenters. The number of nitrogens with zero attached hydrogens (tertiary/aromatic N) is 2. The van der Waals surface area contributed by atoms with Crippen LogP contribution in [0, 0.1) is 20.8 Å². The van der Waals surface area contributed by atoms with Crippen molar-refractivity contribution in [3.8, 4) is 11.3 Å². The van der Waals surface area contributed by atoms with Crippen molar-refractivity contribution in [2.24, 2.45) is 0 Å². The molecule has 2 N–H and O–H groups in total. The second-order valence-corrected chi connectivity index (χ2v) is 9.89. The highest BCUT2D eigenvalue weighted by Gasteiger charge is 2.19. The maximum atomic E-state index is 13.4. The van der Waals surface area contributed by atoms with E-state index in [0.717, 1.165) is 51.2 Å². The highest BCUT2D eigenvalue weighted by atomic mass is 16.1. The van der Waals surface area contributed by atoms with Crippen molar-refractivity contribution in [1.29, 1.82) is 0 Å². The molecule has 3 aromatic carbocycles. The van der Waals surface area contributed by atoms with Crippen molar-refractivity contribution < 1.29 is 4.79 Å². The Morgan fingerprint density at radius 1 is 0.919 bits per heavy atom. The zero-order chi connectivity index (χ0) is 25.7. The molecule has 0 fully saturated rings. The van der Waals surface area contributed by atoms with Crippen LogP contribution in [0.1, 0.15) is 34.9 Å². The molecule has 6 aromatic rings. The number of rotatable bonds is 5. The molecule has 0 spiro atoms. The molecular weight excluding hydrogens is 456 g/mol. The van der Waals surface area contributed by atoms with Gasteiger partial charge >= 0.3 is 0 Å². The number of amides is 1. The molecule has 0 saturated heterocycles. The Kier molecular flexibility index (Phi) is 5.56. The average Bonchev–Trinajstić information content (AvgIpc) is 3.44. The third-order valence-corrected chi connectivity index (χ3v) is 7.44. The smallest absolute Gasteiger partial charge is 0.230 e. The molecule has 5 heteroatoms. The maximum Gasteiger partial charge on any atom is 0.230 e. The minimum Gasteiger partial charge on any atom is -0.354 e. The fraction of sp³-hybridized carbons (Fsp3) is 0.188. The molecule has 37 heavy (non-hydrogen) atoms. The number of benzene rings is 3. The first-order chi connectivity index (χ1) is 17.9. The van der Waals surface area contributed by atoms with Gasteiger partial charge in [-0.1, -0.05) is 49.4 Å². The van der Waals surface area contributed by atoms with E-state index in [0.29, 0.717) is 0 Å². The Labute approximate surface area is 216 Å². The molecule has 184 valence electrons. The molecule has 3 heterocycles. The van der Waals surface area contributed by atoms with Crippen LogP contribution >= 0.6 is 0 Å². The summed E-state index contributed by atoms with van der Waals surface area (Å²) in [7, 11) is 0. The van der Waals surface area contributed by atoms with E-state index >= 15 is 0 Å². The molecular formula is C32H30N4O. The molecule has 0 bridgehead atoms. The van der Waals surface area contributed by atoms with Crippen molar-refractivity contribution in [2.45, 2.75) is 40.5 Å². The zero-order valence-corrected chi connectivity index (χ0v) is 21.6. The summed E-state index contributed by atoms with van der Waals surface area (Å²) in [6.45, 7) is 8.43. The normalized spacial score (nSPS) is 11.6. The van der Waals surface area contributed by atoms with Gasteiger partial charge in [0.2, 0.25) is 5.91 Å². The third kappa shape index (κ3) is 3.97. The van der Waals surface area contributed by atoms with Crippen LogP contribution < -0.4 is 5.32 Å². The number of imidazole rings is 1. The number of carbonyl (C=O) groups is 1.